The Morgan fingerprint density at radius 1 is 1.21 bits per heavy atom. The van der Waals surface area contributed by atoms with Gasteiger partial charge in [-0.05, 0) is 12.0 Å². The van der Waals surface area contributed by atoms with Gasteiger partial charge in [0.1, 0.15) is 0 Å². The lowest BCUT2D eigenvalue weighted by Crippen LogP contribution is -2.17. The predicted molar refractivity (Wildman–Crippen MR) is 69.4 cm³/mol. The number of esters is 2. The van der Waals surface area contributed by atoms with Crippen molar-refractivity contribution < 1.29 is 19.1 Å². The highest BCUT2D eigenvalue weighted by Crippen LogP contribution is 2.61. The first kappa shape index (κ1) is 13.3. The third-order valence-corrected chi connectivity index (χ3v) is 3.49. The van der Waals surface area contributed by atoms with Gasteiger partial charge in [0, 0.05) is 12.0 Å². The van der Waals surface area contributed by atoms with Crippen LogP contribution in [0.4, 0.5) is 0 Å². The second kappa shape index (κ2) is 5.26. The summed E-state index contributed by atoms with van der Waals surface area (Å²) in [6, 6.07) is 9.73. The number of methoxy groups -OCH3 is 2. The molecule has 1 fully saturated rings. The van der Waals surface area contributed by atoms with Gasteiger partial charge in [-0.25, -0.2) is 4.79 Å². The van der Waals surface area contributed by atoms with E-state index in [1.165, 1.54) is 20.3 Å². The Morgan fingerprint density at radius 2 is 1.89 bits per heavy atom. The molecule has 1 aliphatic rings. The lowest BCUT2D eigenvalue weighted by Gasteiger charge is -2.10. The Kier molecular flexibility index (Phi) is 3.69. The Bertz CT molecular complexity index is 506. The minimum atomic E-state index is -0.732. The van der Waals surface area contributed by atoms with Gasteiger partial charge in [0.15, 0.2) is 0 Å². The summed E-state index contributed by atoms with van der Waals surface area (Å²) in [6.45, 7) is 0. The maximum absolute atomic E-state index is 12.0. The zero-order chi connectivity index (χ0) is 13.9. The van der Waals surface area contributed by atoms with Gasteiger partial charge in [0.25, 0.3) is 0 Å². The zero-order valence-corrected chi connectivity index (χ0v) is 11.0. The van der Waals surface area contributed by atoms with Crippen molar-refractivity contribution in [3.05, 3.63) is 48.0 Å². The smallest absolute Gasteiger partial charge is 0.330 e. The van der Waals surface area contributed by atoms with Crippen molar-refractivity contribution >= 4 is 11.9 Å². The molecule has 4 heteroatoms. The first-order valence-electron chi connectivity index (χ1n) is 6.04. The largest absolute Gasteiger partial charge is 0.468 e. The molecule has 2 rings (SSSR count). The standard InChI is InChI=1S/C15H16O4/c1-18-13(16)8-9-15(14(17)19-2)10-12(15)11-6-4-3-5-7-11/h3-9,12H,10H2,1-2H3/b9-8+/t12-,15+/m1/s1. The van der Waals surface area contributed by atoms with Gasteiger partial charge in [-0.2, -0.15) is 0 Å². The van der Waals surface area contributed by atoms with E-state index in [-0.39, 0.29) is 11.9 Å². The lowest BCUT2D eigenvalue weighted by atomic mass is 9.98. The van der Waals surface area contributed by atoms with Gasteiger partial charge >= 0.3 is 11.9 Å². The summed E-state index contributed by atoms with van der Waals surface area (Å²) in [7, 11) is 2.66. The Balaban J connectivity index is 2.23. The molecule has 1 aromatic carbocycles. The number of benzene rings is 1. The summed E-state index contributed by atoms with van der Waals surface area (Å²) < 4.78 is 9.40. The van der Waals surface area contributed by atoms with E-state index in [1.807, 2.05) is 30.3 Å². The summed E-state index contributed by atoms with van der Waals surface area (Å²) >= 11 is 0. The van der Waals surface area contributed by atoms with E-state index in [1.54, 1.807) is 6.08 Å². The van der Waals surface area contributed by atoms with E-state index in [4.69, 9.17) is 4.74 Å². The average Bonchev–Trinajstić information content (AvgIpc) is 3.21. The molecule has 100 valence electrons. The highest BCUT2D eigenvalue weighted by molar-refractivity contribution is 5.88. The van der Waals surface area contributed by atoms with Crippen molar-refractivity contribution in [1.29, 1.82) is 0 Å². The van der Waals surface area contributed by atoms with Crippen molar-refractivity contribution in [1.82, 2.24) is 0 Å². The average molecular weight is 260 g/mol. The molecule has 1 saturated carbocycles. The normalized spacial score (nSPS) is 25.1. The maximum atomic E-state index is 12.0. The van der Waals surface area contributed by atoms with Crippen LogP contribution < -0.4 is 0 Å². The van der Waals surface area contributed by atoms with Crippen LogP contribution in [0, 0.1) is 5.41 Å². The van der Waals surface area contributed by atoms with E-state index in [9.17, 15) is 9.59 Å². The van der Waals surface area contributed by atoms with Crippen LogP contribution in [-0.2, 0) is 19.1 Å². The first-order chi connectivity index (χ1) is 9.14. The van der Waals surface area contributed by atoms with Crippen LogP contribution in [0.1, 0.15) is 17.9 Å². The van der Waals surface area contributed by atoms with Crippen molar-refractivity contribution in [2.24, 2.45) is 5.41 Å². The molecule has 0 bridgehead atoms. The minimum absolute atomic E-state index is 0.0575. The molecule has 0 aliphatic heterocycles. The summed E-state index contributed by atoms with van der Waals surface area (Å²) in [4.78, 5) is 23.1. The van der Waals surface area contributed by atoms with Crippen LogP contribution in [0.2, 0.25) is 0 Å². The van der Waals surface area contributed by atoms with Crippen LogP contribution in [0.25, 0.3) is 0 Å². The summed E-state index contributed by atoms with van der Waals surface area (Å²) in [5.41, 5.74) is 0.340. The van der Waals surface area contributed by atoms with Crippen molar-refractivity contribution in [3.8, 4) is 0 Å². The topological polar surface area (TPSA) is 52.6 Å². The van der Waals surface area contributed by atoms with Crippen LogP contribution >= 0.6 is 0 Å². The quantitative estimate of drug-likeness (QED) is 0.614. The van der Waals surface area contributed by atoms with Crippen LogP contribution in [0.3, 0.4) is 0 Å². The van der Waals surface area contributed by atoms with E-state index >= 15 is 0 Å². The Hall–Kier alpha value is -2.10. The molecule has 2 atom stereocenters. The number of hydrogen-bond donors (Lipinski definition) is 0. The van der Waals surface area contributed by atoms with Gasteiger partial charge in [0.05, 0.1) is 19.6 Å². The fourth-order valence-corrected chi connectivity index (χ4v) is 2.33. The summed E-state index contributed by atoms with van der Waals surface area (Å²) in [5.74, 6) is -0.731. The summed E-state index contributed by atoms with van der Waals surface area (Å²) in [5, 5.41) is 0. The first-order valence-corrected chi connectivity index (χ1v) is 6.04. The molecule has 0 aromatic heterocycles. The van der Waals surface area contributed by atoms with Crippen LogP contribution in [0.5, 0.6) is 0 Å². The molecular weight excluding hydrogens is 244 g/mol. The van der Waals surface area contributed by atoms with E-state index in [2.05, 4.69) is 4.74 Å². The molecule has 0 unspecified atom stereocenters. The lowest BCUT2D eigenvalue weighted by molar-refractivity contribution is -0.145. The Morgan fingerprint density at radius 3 is 2.47 bits per heavy atom. The van der Waals surface area contributed by atoms with Gasteiger partial charge in [-0.15, -0.1) is 0 Å². The molecule has 0 spiro atoms. The second-order valence-electron chi connectivity index (χ2n) is 4.56. The molecular formula is C15H16O4. The summed E-state index contributed by atoms with van der Waals surface area (Å²) in [6.07, 6.45) is 3.54. The number of carbonyl (C=O) groups is 2. The van der Waals surface area contributed by atoms with Crippen LogP contribution in [0.15, 0.2) is 42.5 Å². The SMILES string of the molecule is COC(=O)/C=C/[C@]1(C(=O)OC)C[C@@H]1c1ccccc1. The third kappa shape index (κ3) is 2.52. The van der Waals surface area contributed by atoms with Crippen molar-refractivity contribution in [2.45, 2.75) is 12.3 Å². The highest BCUT2D eigenvalue weighted by Gasteiger charge is 2.59. The predicted octanol–water partition coefficient (Wildman–Crippen LogP) is 2.06. The van der Waals surface area contributed by atoms with Gasteiger partial charge < -0.3 is 9.47 Å². The van der Waals surface area contributed by atoms with Crippen molar-refractivity contribution in [2.75, 3.05) is 14.2 Å². The van der Waals surface area contributed by atoms with Crippen LogP contribution in [-0.4, -0.2) is 26.2 Å². The molecule has 0 saturated heterocycles. The molecule has 1 aromatic rings. The van der Waals surface area contributed by atoms with Crippen molar-refractivity contribution in [3.63, 3.8) is 0 Å². The fraction of sp³-hybridized carbons (Fsp3) is 0.333. The molecule has 1 aliphatic carbocycles. The number of carbonyl (C=O) groups excluding carboxylic acids is 2. The monoisotopic (exact) mass is 260 g/mol. The minimum Gasteiger partial charge on any atom is -0.468 e. The molecule has 19 heavy (non-hydrogen) atoms. The van der Waals surface area contributed by atoms with Gasteiger partial charge in [0.2, 0.25) is 0 Å². The van der Waals surface area contributed by atoms with E-state index < -0.39 is 11.4 Å². The van der Waals surface area contributed by atoms with E-state index in [0.717, 1.165) is 5.56 Å². The molecule has 0 radical (unpaired) electrons. The second-order valence-corrected chi connectivity index (χ2v) is 4.56. The molecule has 4 nitrogen and oxygen atoms in total. The van der Waals surface area contributed by atoms with E-state index in [0.29, 0.717) is 6.42 Å². The zero-order valence-electron chi connectivity index (χ0n) is 11.0. The molecule has 0 amide bonds. The Labute approximate surface area is 112 Å². The highest BCUT2D eigenvalue weighted by atomic mass is 16.5. The number of ether oxygens (including phenoxy) is 2. The molecule has 0 N–H and O–H groups in total. The van der Waals surface area contributed by atoms with Gasteiger partial charge in [-0.1, -0.05) is 36.4 Å². The maximum Gasteiger partial charge on any atom is 0.330 e. The fourth-order valence-electron chi connectivity index (χ4n) is 2.33. The molecule has 0 heterocycles. The number of rotatable bonds is 4. The van der Waals surface area contributed by atoms with Gasteiger partial charge in [-0.3, -0.25) is 4.79 Å². The number of hydrogen-bond acceptors (Lipinski definition) is 4. The third-order valence-electron chi connectivity index (χ3n) is 3.49.